The molecule has 4 aromatic rings. The number of anilines is 1. The number of nitrogens with one attached hydrogen (secondary N) is 1. The van der Waals surface area contributed by atoms with Crippen molar-refractivity contribution in [2.24, 2.45) is 5.92 Å². The monoisotopic (exact) mass is 769 g/mol. The third-order valence-corrected chi connectivity index (χ3v) is 13.0. The number of carbonyl (C=O) groups excluding carboxylic acids is 1. The van der Waals surface area contributed by atoms with E-state index in [4.69, 9.17) is 29.7 Å². The second-order valence-corrected chi connectivity index (χ2v) is 16.7. The molecule has 5 aliphatic rings. The van der Waals surface area contributed by atoms with Gasteiger partial charge in [-0.2, -0.15) is 0 Å². The molecule has 10 nitrogen and oxygen atoms in total. The molecule has 1 spiro atoms. The number of hydrogen-bond donors (Lipinski definition) is 4. The van der Waals surface area contributed by atoms with Gasteiger partial charge in [0, 0.05) is 59.7 Å². The van der Waals surface area contributed by atoms with Gasteiger partial charge in [-0.1, -0.05) is 43.4 Å². The molecule has 4 bridgehead atoms. The average Bonchev–Trinajstić information content (AvgIpc) is 3.77. The highest BCUT2D eigenvalue weighted by Gasteiger charge is 2.51. The molecule has 5 N–H and O–H groups in total. The summed E-state index contributed by atoms with van der Waals surface area (Å²) in [5, 5.41) is 25.9. The number of rotatable bonds is 8. The Morgan fingerprint density at radius 3 is 2.70 bits per heavy atom. The Morgan fingerprint density at radius 1 is 1.02 bits per heavy atom. The standard InChI is InChI=1S/C47H51N3O7/c1-27(51)56-26-37-34-12-13-35-43-31(20-33(52)22-41(43)54-2)25-47-16-15-28(24-47)19-30-11-14-42(48)50-38(30)10-6-7-29-21-39(53)40(23-36(29)45(37)57-46(34)44(35)47)55-18-17-49-32-8-4-3-5-9-32/h11-14,20-23,28,32,37,45,49,52-53H,3-5,7-9,15-19,24-26H2,1-2H3,(H2,48,50)/t28-,37-,45-,47+/m1/s1. The summed E-state index contributed by atoms with van der Waals surface area (Å²) in [4.78, 5) is 17.1. The lowest BCUT2D eigenvalue weighted by Crippen LogP contribution is -2.34. The van der Waals surface area contributed by atoms with Gasteiger partial charge >= 0.3 is 5.97 Å². The summed E-state index contributed by atoms with van der Waals surface area (Å²) < 4.78 is 25.3. The fourth-order valence-corrected chi connectivity index (χ4v) is 10.5. The van der Waals surface area contributed by atoms with Gasteiger partial charge in [0.25, 0.3) is 0 Å². The SMILES string of the molecule is COc1cc(O)cc2c1-c1ccc3c4c1[C@]1(CC[C@H](Cc5ccc(N)nc5C#CCc5cc(O)c(OCCNC6CCCCC6)cc5[C@@H](O4)[C@@H]3COC(C)=O)C1)C2. The van der Waals surface area contributed by atoms with E-state index >= 15 is 0 Å². The van der Waals surface area contributed by atoms with Crippen LogP contribution in [0.4, 0.5) is 5.82 Å². The van der Waals surface area contributed by atoms with Crippen LogP contribution in [0.25, 0.3) is 11.1 Å². The van der Waals surface area contributed by atoms with Crippen molar-refractivity contribution in [3.8, 4) is 51.7 Å². The summed E-state index contributed by atoms with van der Waals surface area (Å²) in [5.74, 6) is 8.74. The zero-order chi connectivity index (χ0) is 39.3. The van der Waals surface area contributed by atoms with Crippen molar-refractivity contribution in [1.82, 2.24) is 10.3 Å². The van der Waals surface area contributed by atoms with Crippen molar-refractivity contribution < 1.29 is 34.0 Å². The van der Waals surface area contributed by atoms with E-state index < -0.39 is 6.10 Å². The number of esters is 1. The number of nitrogen functional groups attached to an aromatic ring is 1. The van der Waals surface area contributed by atoms with Crippen LogP contribution < -0.4 is 25.3 Å². The summed E-state index contributed by atoms with van der Waals surface area (Å²) in [7, 11) is 1.64. The highest BCUT2D eigenvalue weighted by molar-refractivity contribution is 5.84. The molecule has 1 aromatic heterocycles. The third-order valence-electron chi connectivity index (χ3n) is 13.0. The maximum Gasteiger partial charge on any atom is 0.302 e. The molecular formula is C47H51N3O7. The van der Waals surface area contributed by atoms with Crippen LogP contribution in [0.15, 0.2) is 48.5 Å². The molecule has 3 heterocycles. The van der Waals surface area contributed by atoms with Crippen LogP contribution >= 0.6 is 0 Å². The number of hydrogen-bond acceptors (Lipinski definition) is 10. The molecule has 2 saturated carbocycles. The number of carbonyl (C=O) groups is 1. The number of aromatic nitrogens is 1. The van der Waals surface area contributed by atoms with Crippen molar-refractivity contribution in [3.05, 3.63) is 87.6 Å². The van der Waals surface area contributed by atoms with Crippen molar-refractivity contribution in [2.75, 3.05) is 32.6 Å². The first-order valence-electron chi connectivity index (χ1n) is 20.5. The van der Waals surface area contributed by atoms with Gasteiger partial charge in [0.05, 0.1) is 13.0 Å². The van der Waals surface area contributed by atoms with E-state index in [-0.39, 0.29) is 35.4 Å². The first kappa shape index (κ1) is 37.2. The molecule has 0 amide bonds. The third kappa shape index (κ3) is 7.01. The van der Waals surface area contributed by atoms with Crippen LogP contribution in [0.1, 0.15) is 109 Å². The number of phenolic OH excluding ortho intramolecular Hbond substituents is 2. The lowest BCUT2D eigenvalue weighted by atomic mass is 9.65. The number of phenols is 2. The highest BCUT2D eigenvalue weighted by Crippen LogP contribution is 2.62. The van der Waals surface area contributed by atoms with Gasteiger partial charge < -0.3 is 40.2 Å². The molecular weight excluding hydrogens is 719 g/mol. The quantitative estimate of drug-likeness (QED) is 0.0805. The van der Waals surface area contributed by atoms with E-state index in [0.717, 1.165) is 75.9 Å². The fraction of sp³-hybridized carbons (Fsp3) is 0.447. The summed E-state index contributed by atoms with van der Waals surface area (Å²) in [5.41, 5.74) is 14.4. The molecule has 4 atom stereocenters. The molecule has 0 unspecified atom stereocenters. The maximum absolute atomic E-state index is 12.4. The van der Waals surface area contributed by atoms with Crippen molar-refractivity contribution >= 4 is 11.8 Å². The molecule has 9 rings (SSSR count). The smallest absolute Gasteiger partial charge is 0.302 e. The summed E-state index contributed by atoms with van der Waals surface area (Å²) >= 11 is 0. The van der Waals surface area contributed by atoms with Gasteiger partial charge in [0.15, 0.2) is 11.5 Å². The van der Waals surface area contributed by atoms with Crippen molar-refractivity contribution in [1.29, 1.82) is 0 Å². The fourth-order valence-electron chi connectivity index (χ4n) is 10.5. The Kier molecular flexibility index (Phi) is 9.90. The molecule has 296 valence electrons. The molecule has 2 aliphatic heterocycles. The lowest BCUT2D eigenvalue weighted by molar-refractivity contribution is -0.141. The number of aromatic hydroxyl groups is 2. The van der Waals surface area contributed by atoms with Crippen LogP contribution in [0.5, 0.6) is 28.7 Å². The zero-order valence-corrected chi connectivity index (χ0v) is 32.8. The van der Waals surface area contributed by atoms with E-state index in [1.54, 1.807) is 19.2 Å². The van der Waals surface area contributed by atoms with E-state index in [1.165, 1.54) is 39.0 Å². The Balaban J connectivity index is 1.20. The summed E-state index contributed by atoms with van der Waals surface area (Å²) in [6.45, 7) is 2.60. The molecule has 0 saturated heterocycles. The summed E-state index contributed by atoms with van der Waals surface area (Å²) in [6.07, 6.45) is 10.2. The van der Waals surface area contributed by atoms with Gasteiger partial charge in [-0.25, -0.2) is 4.98 Å². The van der Waals surface area contributed by atoms with Crippen LogP contribution in [0.2, 0.25) is 0 Å². The average molecular weight is 770 g/mol. The van der Waals surface area contributed by atoms with Gasteiger partial charge in [-0.3, -0.25) is 4.79 Å². The van der Waals surface area contributed by atoms with E-state index in [1.807, 2.05) is 18.2 Å². The number of methoxy groups -OCH3 is 1. The highest BCUT2D eigenvalue weighted by atomic mass is 16.5. The van der Waals surface area contributed by atoms with Gasteiger partial charge in [-0.05, 0) is 103 Å². The molecule has 10 heteroatoms. The number of fused-ring (bicyclic) bond motifs is 7. The minimum Gasteiger partial charge on any atom is -0.508 e. The normalized spacial score (nSPS) is 23.0. The van der Waals surface area contributed by atoms with Crippen LogP contribution in [-0.4, -0.2) is 54.1 Å². The zero-order valence-electron chi connectivity index (χ0n) is 32.8. The topological polar surface area (TPSA) is 145 Å². The molecule has 2 fully saturated rings. The predicted octanol–water partition coefficient (Wildman–Crippen LogP) is 7.58. The number of pyridine rings is 1. The van der Waals surface area contributed by atoms with Crippen molar-refractivity contribution in [2.45, 2.75) is 101 Å². The van der Waals surface area contributed by atoms with E-state index in [9.17, 15) is 15.0 Å². The number of ether oxygens (including phenoxy) is 4. The Labute approximate surface area is 334 Å². The predicted molar refractivity (Wildman–Crippen MR) is 217 cm³/mol. The molecule has 57 heavy (non-hydrogen) atoms. The molecule has 3 aliphatic carbocycles. The largest absolute Gasteiger partial charge is 0.508 e. The first-order valence-corrected chi connectivity index (χ1v) is 20.5. The Bertz CT molecular complexity index is 2290. The van der Waals surface area contributed by atoms with E-state index in [2.05, 4.69) is 35.4 Å². The molecule has 0 radical (unpaired) electrons. The lowest BCUT2D eigenvalue weighted by Gasteiger charge is -2.39. The minimum atomic E-state index is -0.575. The van der Waals surface area contributed by atoms with Gasteiger partial charge in [0.2, 0.25) is 0 Å². The van der Waals surface area contributed by atoms with Crippen LogP contribution in [-0.2, 0) is 34.2 Å². The van der Waals surface area contributed by atoms with Gasteiger partial charge in [-0.15, -0.1) is 0 Å². The first-order chi connectivity index (χ1) is 27.7. The van der Waals surface area contributed by atoms with Crippen molar-refractivity contribution in [3.63, 3.8) is 0 Å². The van der Waals surface area contributed by atoms with Gasteiger partial charge in [0.1, 0.15) is 48.1 Å². The second-order valence-electron chi connectivity index (χ2n) is 16.7. The molecule has 3 aromatic carbocycles. The van der Waals surface area contributed by atoms with Crippen LogP contribution in [0.3, 0.4) is 0 Å². The maximum atomic E-state index is 12.4. The van der Waals surface area contributed by atoms with Crippen LogP contribution in [0, 0.1) is 17.8 Å². The Hall–Kier alpha value is -5.40. The number of benzene rings is 3. The minimum absolute atomic E-state index is 0.0292. The number of nitrogens with two attached hydrogens (primary N) is 1. The summed E-state index contributed by atoms with van der Waals surface area (Å²) in [6, 6.07) is 15.9. The van der Waals surface area contributed by atoms with E-state index in [0.29, 0.717) is 61.0 Å². The Morgan fingerprint density at radius 2 is 1.88 bits per heavy atom. The second kappa shape index (κ2) is 15.2. The number of nitrogens with zero attached hydrogens (tertiary/aromatic N) is 1.